The number of esters is 1. The van der Waals surface area contributed by atoms with Crippen LogP contribution in [-0.4, -0.2) is 22.1 Å². The SMILES string of the molecule is C=CCn1c(SCc2cccc(C(=O)OCCC)c2)nc2scc(-c3ccc(C)cc3)c2c1=O. The third-order valence-corrected chi connectivity index (χ3v) is 7.22. The third kappa shape index (κ3) is 5.16. The Kier molecular flexibility index (Phi) is 7.65. The van der Waals surface area contributed by atoms with Gasteiger partial charge >= 0.3 is 5.97 Å². The summed E-state index contributed by atoms with van der Waals surface area (Å²) in [7, 11) is 0. The molecule has 5 nitrogen and oxygen atoms in total. The Morgan fingerprint density at radius 1 is 1.24 bits per heavy atom. The third-order valence-electron chi connectivity index (χ3n) is 5.30. The normalized spacial score (nSPS) is 11.0. The van der Waals surface area contributed by atoms with E-state index in [1.165, 1.54) is 28.7 Å². The standard InChI is InChI=1S/C27H26N2O3S2/c1-4-13-29-25(30)23-22(20-11-9-18(3)10-12-20)17-33-24(23)28-27(29)34-16-19-7-6-8-21(15-19)26(31)32-14-5-2/h4,6-12,15,17H,1,5,13-14,16H2,2-3H3. The van der Waals surface area contributed by atoms with Gasteiger partial charge in [0.2, 0.25) is 0 Å². The van der Waals surface area contributed by atoms with Crippen LogP contribution in [0.2, 0.25) is 0 Å². The first-order valence-corrected chi connectivity index (χ1v) is 13.0. The molecule has 0 radical (unpaired) electrons. The van der Waals surface area contributed by atoms with Crippen molar-refractivity contribution >= 4 is 39.3 Å². The van der Waals surface area contributed by atoms with Crippen molar-refractivity contribution in [2.75, 3.05) is 6.61 Å². The molecule has 0 amide bonds. The lowest BCUT2D eigenvalue weighted by Crippen LogP contribution is -2.22. The lowest BCUT2D eigenvalue weighted by Gasteiger charge is -2.11. The highest BCUT2D eigenvalue weighted by atomic mass is 32.2. The van der Waals surface area contributed by atoms with E-state index in [4.69, 9.17) is 9.72 Å². The molecule has 0 aliphatic carbocycles. The number of rotatable bonds is 9. The van der Waals surface area contributed by atoms with E-state index in [9.17, 15) is 9.59 Å². The second-order valence-electron chi connectivity index (χ2n) is 7.92. The highest BCUT2D eigenvalue weighted by Crippen LogP contribution is 2.33. The number of aromatic nitrogens is 2. The van der Waals surface area contributed by atoms with Gasteiger partial charge in [0, 0.05) is 23.2 Å². The van der Waals surface area contributed by atoms with Crippen molar-refractivity contribution in [3.8, 4) is 11.1 Å². The first-order valence-electron chi connectivity index (χ1n) is 11.1. The first kappa shape index (κ1) is 24.0. The van der Waals surface area contributed by atoms with Crippen LogP contribution in [-0.2, 0) is 17.0 Å². The smallest absolute Gasteiger partial charge is 0.338 e. The molecule has 4 rings (SSSR count). The van der Waals surface area contributed by atoms with E-state index in [0.717, 1.165) is 27.9 Å². The zero-order valence-corrected chi connectivity index (χ0v) is 20.9. The second kappa shape index (κ2) is 10.8. The average Bonchev–Trinajstić information content (AvgIpc) is 3.28. The number of thiophene rings is 1. The molecule has 0 aliphatic heterocycles. The van der Waals surface area contributed by atoms with Crippen LogP contribution in [0, 0.1) is 6.92 Å². The number of fused-ring (bicyclic) bond motifs is 1. The maximum absolute atomic E-state index is 13.5. The van der Waals surface area contributed by atoms with E-state index < -0.39 is 0 Å². The fraction of sp³-hybridized carbons (Fsp3) is 0.222. The van der Waals surface area contributed by atoms with Crippen molar-refractivity contribution in [1.29, 1.82) is 0 Å². The highest BCUT2D eigenvalue weighted by Gasteiger charge is 2.17. The lowest BCUT2D eigenvalue weighted by molar-refractivity contribution is 0.0505. The molecule has 0 unspecified atom stereocenters. The summed E-state index contributed by atoms with van der Waals surface area (Å²) < 4.78 is 6.91. The Bertz CT molecular complexity index is 1390. The van der Waals surface area contributed by atoms with E-state index >= 15 is 0 Å². The van der Waals surface area contributed by atoms with Gasteiger partial charge < -0.3 is 4.74 Å². The van der Waals surface area contributed by atoms with Gasteiger partial charge in [0.1, 0.15) is 4.83 Å². The largest absolute Gasteiger partial charge is 0.462 e. The molecule has 7 heteroatoms. The molecule has 0 saturated heterocycles. The molecule has 0 spiro atoms. The molecular formula is C27H26N2O3S2. The molecule has 0 bridgehead atoms. The molecule has 2 aromatic carbocycles. The van der Waals surface area contributed by atoms with Crippen molar-refractivity contribution in [3.05, 3.63) is 93.6 Å². The van der Waals surface area contributed by atoms with Gasteiger partial charge in [-0.05, 0) is 36.6 Å². The molecule has 174 valence electrons. The predicted octanol–water partition coefficient (Wildman–Crippen LogP) is 6.48. The number of carbonyl (C=O) groups excluding carboxylic acids is 1. The van der Waals surface area contributed by atoms with Crippen LogP contribution in [0.4, 0.5) is 0 Å². The minimum atomic E-state index is -0.320. The first-order chi connectivity index (χ1) is 16.5. The lowest BCUT2D eigenvalue weighted by atomic mass is 10.1. The van der Waals surface area contributed by atoms with E-state index in [-0.39, 0.29) is 11.5 Å². The minimum Gasteiger partial charge on any atom is -0.462 e. The summed E-state index contributed by atoms with van der Waals surface area (Å²) >= 11 is 2.95. The summed E-state index contributed by atoms with van der Waals surface area (Å²) in [5, 5.41) is 3.27. The number of allylic oxidation sites excluding steroid dienone is 1. The van der Waals surface area contributed by atoms with Crippen LogP contribution in [0.1, 0.15) is 34.8 Å². The summed E-state index contributed by atoms with van der Waals surface area (Å²) in [6.07, 6.45) is 2.49. The van der Waals surface area contributed by atoms with Crippen LogP contribution in [0.3, 0.4) is 0 Å². The van der Waals surface area contributed by atoms with E-state index in [1.807, 2.05) is 61.7 Å². The summed E-state index contributed by atoms with van der Waals surface area (Å²) in [6.45, 7) is 8.61. The molecule has 0 saturated carbocycles. The monoisotopic (exact) mass is 490 g/mol. The Balaban J connectivity index is 1.65. The molecule has 0 N–H and O–H groups in total. The predicted molar refractivity (Wildman–Crippen MR) is 141 cm³/mol. The average molecular weight is 491 g/mol. The van der Waals surface area contributed by atoms with Crippen LogP contribution < -0.4 is 5.56 Å². The van der Waals surface area contributed by atoms with Crippen molar-refractivity contribution < 1.29 is 9.53 Å². The van der Waals surface area contributed by atoms with Gasteiger partial charge in [0.15, 0.2) is 5.16 Å². The van der Waals surface area contributed by atoms with Gasteiger partial charge in [-0.1, -0.05) is 66.7 Å². The van der Waals surface area contributed by atoms with Crippen LogP contribution in [0.15, 0.2) is 76.5 Å². The molecule has 34 heavy (non-hydrogen) atoms. The number of carbonyl (C=O) groups is 1. The minimum absolute atomic E-state index is 0.0684. The maximum Gasteiger partial charge on any atom is 0.338 e. The van der Waals surface area contributed by atoms with Crippen LogP contribution in [0.25, 0.3) is 21.3 Å². The number of nitrogens with zero attached hydrogens (tertiary/aromatic N) is 2. The van der Waals surface area contributed by atoms with Gasteiger partial charge in [-0.2, -0.15) is 0 Å². The van der Waals surface area contributed by atoms with E-state index in [2.05, 4.69) is 6.58 Å². The van der Waals surface area contributed by atoms with Crippen molar-refractivity contribution in [2.24, 2.45) is 0 Å². The summed E-state index contributed by atoms with van der Waals surface area (Å²) in [5.74, 6) is 0.249. The molecule has 2 heterocycles. The maximum atomic E-state index is 13.5. The Hall–Kier alpha value is -3.16. The fourth-order valence-electron chi connectivity index (χ4n) is 3.57. The Morgan fingerprint density at radius 2 is 2.03 bits per heavy atom. The van der Waals surface area contributed by atoms with Gasteiger partial charge in [0.25, 0.3) is 5.56 Å². The molecule has 2 aromatic heterocycles. The fourth-order valence-corrected chi connectivity index (χ4v) is 5.51. The summed E-state index contributed by atoms with van der Waals surface area (Å²) in [4.78, 5) is 31.3. The number of benzene rings is 2. The zero-order valence-electron chi connectivity index (χ0n) is 19.2. The molecule has 0 atom stereocenters. The van der Waals surface area contributed by atoms with E-state index in [1.54, 1.807) is 16.7 Å². The van der Waals surface area contributed by atoms with Crippen LogP contribution >= 0.6 is 23.1 Å². The number of aryl methyl sites for hydroxylation is 1. The number of ether oxygens (including phenoxy) is 1. The van der Waals surface area contributed by atoms with Crippen molar-refractivity contribution in [2.45, 2.75) is 37.7 Å². The van der Waals surface area contributed by atoms with Gasteiger partial charge in [-0.25, -0.2) is 9.78 Å². The van der Waals surface area contributed by atoms with Crippen LogP contribution in [0.5, 0.6) is 0 Å². The molecular weight excluding hydrogens is 464 g/mol. The molecule has 4 aromatic rings. The summed E-state index contributed by atoms with van der Waals surface area (Å²) in [5.41, 5.74) is 4.51. The number of thioether (sulfide) groups is 1. The van der Waals surface area contributed by atoms with Gasteiger partial charge in [-0.3, -0.25) is 9.36 Å². The molecule has 0 fully saturated rings. The second-order valence-corrected chi connectivity index (χ2v) is 9.72. The summed E-state index contributed by atoms with van der Waals surface area (Å²) in [6, 6.07) is 15.6. The van der Waals surface area contributed by atoms with Crippen molar-refractivity contribution in [1.82, 2.24) is 9.55 Å². The van der Waals surface area contributed by atoms with E-state index in [0.29, 0.717) is 35.0 Å². The Labute approximate surface area is 207 Å². The number of hydrogen-bond acceptors (Lipinski definition) is 6. The topological polar surface area (TPSA) is 61.2 Å². The molecule has 0 aliphatic rings. The van der Waals surface area contributed by atoms with Crippen molar-refractivity contribution in [3.63, 3.8) is 0 Å². The quantitative estimate of drug-likeness (QED) is 0.116. The van der Waals surface area contributed by atoms with Gasteiger partial charge in [0.05, 0.1) is 17.6 Å². The number of hydrogen-bond donors (Lipinski definition) is 0. The zero-order chi connectivity index (χ0) is 24.1. The Morgan fingerprint density at radius 3 is 2.76 bits per heavy atom. The van der Waals surface area contributed by atoms with Gasteiger partial charge in [-0.15, -0.1) is 17.9 Å². The highest BCUT2D eigenvalue weighted by molar-refractivity contribution is 7.98.